The summed E-state index contributed by atoms with van der Waals surface area (Å²) in [4.78, 5) is 3.97. The maximum atomic E-state index is 12.1. The molecule has 1 heterocycles. The van der Waals surface area contributed by atoms with Crippen LogP contribution in [0.5, 0.6) is 0 Å². The van der Waals surface area contributed by atoms with Gasteiger partial charge in [-0.3, -0.25) is 0 Å². The highest BCUT2D eigenvalue weighted by Crippen LogP contribution is 2.35. The first-order valence-corrected chi connectivity index (χ1v) is 8.80. The molecule has 1 aliphatic carbocycles. The molecule has 0 spiro atoms. The van der Waals surface area contributed by atoms with Crippen LogP contribution < -0.4 is 4.72 Å². The molecule has 1 aromatic heterocycles. The lowest BCUT2D eigenvalue weighted by molar-refractivity contribution is 0.0867. The van der Waals surface area contributed by atoms with Gasteiger partial charge in [0, 0.05) is 18.6 Å². The van der Waals surface area contributed by atoms with Gasteiger partial charge in [-0.05, 0) is 19.8 Å². The molecule has 0 aromatic carbocycles. The van der Waals surface area contributed by atoms with E-state index in [1.165, 1.54) is 12.6 Å². The van der Waals surface area contributed by atoms with E-state index in [4.69, 9.17) is 0 Å². The zero-order chi connectivity index (χ0) is 13.9. The highest BCUT2D eigenvalue weighted by Gasteiger charge is 2.33. The molecule has 5 nitrogen and oxygen atoms in total. The molecular weight excluding hydrogens is 284 g/mol. The summed E-state index contributed by atoms with van der Waals surface area (Å²) in [6.07, 6.45) is 6.43. The number of aliphatic hydroxyl groups excluding tert-OH is 1. The highest BCUT2D eigenvalue weighted by molar-refractivity contribution is 7.91. The second kappa shape index (κ2) is 5.87. The molecule has 1 saturated carbocycles. The molecule has 2 rings (SSSR count). The summed E-state index contributed by atoms with van der Waals surface area (Å²) < 4.78 is 27.1. The number of hydrogen-bond donors (Lipinski definition) is 2. The highest BCUT2D eigenvalue weighted by atomic mass is 32.2. The summed E-state index contributed by atoms with van der Waals surface area (Å²) in [7, 11) is -3.49. The summed E-state index contributed by atoms with van der Waals surface area (Å²) in [5.74, 6) is 0. The normalized spacial score (nSPS) is 19.5. The number of aromatic nitrogens is 1. The van der Waals surface area contributed by atoms with Crippen molar-refractivity contribution in [3.05, 3.63) is 11.2 Å². The third-order valence-corrected chi connectivity index (χ3v) is 6.53. The minimum atomic E-state index is -3.49. The van der Waals surface area contributed by atoms with E-state index in [-0.39, 0.29) is 16.2 Å². The molecule has 0 saturated heterocycles. The van der Waals surface area contributed by atoms with Gasteiger partial charge < -0.3 is 5.11 Å². The van der Waals surface area contributed by atoms with Gasteiger partial charge >= 0.3 is 0 Å². The van der Waals surface area contributed by atoms with Crippen LogP contribution in [0.15, 0.2) is 10.4 Å². The van der Waals surface area contributed by atoms with Crippen molar-refractivity contribution in [2.75, 3.05) is 13.2 Å². The molecule has 0 radical (unpaired) electrons. The van der Waals surface area contributed by atoms with Crippen LogP contribution in [0.3, 0.4) is 0 Å². The molecule has 19 heavy (non-hydrogen) atoms. The standard InChI is InChI=1S/C12H20N2O3S2/c1-10-13-7-11(18-10)19(16,17)14-8-12(9-15)5-3-2-4-6-12/h7,14-15H,2-6,8-9H2,1H3. The van der Waals surface area contributed by atoms with Crippen LogP contribution in [0.2, 0.25) is 0 Å². The summed E-state index contributed by atoms with van der Waals surface area (Å²) in [6, 6.07) is 0. The van der Waals surface area contributed by atoms with Gasteiger partial charge in [-0.2, -0.15) is 0 Å². The lowest BCUT2D eigenvalue weighted by Gasteiger charge is -2.35. The van der Waals surface area contributed by atoms with Crippen molar-refractivity contribution in [1.29, 1.82) is 0 Å². The summed E-state index contributed by atoms with van der Waals surface area (Å²) in [6.45, 7) is 2.13. The van der Waals surface area contributed by atoms with Crippen LogP contribution >= 0.6 is 11.3 Å². The van der Waals surface area contributed by atoms with Gasteiger partial charge in [-0.15, -0.1) is 11.3 Å². The first-order valence-electron chi connectivity index (χ1n) is 6.50. The Hall–Kier alpha value is -0.500. The van der Waals surface area contributed by atoms with E-state index in [1.54, 1.807) is 6.92 Å². The predicted octanol–water partition coefficient (Wildman–Crippen LogP) is 1.67. The lowest BCUT2D eigenvalue weighted by Crippen LogP contribution is -2.41. The molecule has 0 aliphatic heterocycles. The van der Waals surface area contributed by atoms with E-state index in [2.05, 4.69) is 9.71 Å². The van der Waals surface area contributed by atoms with Crippen LogP contribution in [0.1, 0.15) is 37.1 Å². The van der Waals surface area contributed by atoms with Crippen molar-refractivity contribution < 1.29 is 13.5 Å². The second-order valence-corrected chi connectivity index (χ2v) is 8.47. The Morgan fingerprint density at radius 3 is 2.63 bits per heavy atom. The zero-order valence-corrected chi connectivity index (χ0v) is 12.7. The molecule has 1 aromatic rings. The van der Waals surface area contributed by atoms with E-state index in [1.807, 2.05) is 0 Å². The number of hydrogen-bond acceptors (Lipinski definition) is 5. The Labute approximate surface area is 118 Å². The van der Waals surface area contributed by atoms with Crippen LogP contribution in [-0.4, -0.2) is 31.7 Å². The number of aryl methyl sites for hydroxylation is 1. The van der Waals surface area contributed by atoms with E-state index >= 15 is 0 Å². The average Bonchev–Trinajstić information content (AvgIpc) is 2.85. The van der Waals surface area contributed by atoms with Crippen molar-refractivity contribution >= 4 is 21.4 Å². The van der Waals surface area contributed by atoms with Crippen molar-refractivity contribution in [3.63, 3.8) is 0 Å². The number of sulfonamides is 1. The number of nitrogens with one attached hydrogen (secondary N) is 1. The van der Waals surface area contributed by atoms with Crippen molar-refractivity contribution in [2.24, 2.45) is 5.41 Å². The fraction of sp³-hybridized carbons (Fsp3) is 0.750. The third kappa shape index (κ3) is 3.53. The maximum Gasteiger partial charge on any atom is 0.251 e. The molecule has 0 bridgehead atoms. The summed E-state index contributed by atoms with van der Waals surface area (Å²) in [5, 5.41) is 10.3. The first kappa shape index (κ1) is 14.9. The van der Waals surface area contributed by atoms with E-state index in [0.717, 1.165) is 42.0 Å². The Kier molecular flexibility index (Phi) is 4.60. The number of aliphatic hydroxyl groups is 1. The van der Waals surface area contributed by atoms with Gasteiger partial charge in [0.05, 0.1) is 11.2 Å². The topological polar surface area (TPSA) is 79.3 Å². The van der Waals surface area contributed by atoms with E-state index in [0.29, 0.717) is 6.54 Å². The Morgan fingerprint density at radius 2 is 2.11 bits per heavy atom. The van der Waals surface area contributed by atoms with Gasteiger partial charge in [0.1, 0.15) is 0 Å². The first-order chi connectivity index (χ1) is 8.97. The Morgan fingerprint density at radius 1 is 1.42 bits per heavy atom. The van der Waals surface area contributed by atoms with Gasteiger partial charge in [0.2, 0.25) is 0 Å². The van der Waals surface area contributed by atoms with Gasteiger partial charge in [0.15, 0.2) is 4.21 Å². The molecule has 108 valence electrons. The largest absolute Gasteiger partial charge is 0.396 e. The van der Waals surface area contributed by atoms with Gasteiger partial charge in [0.25, 0.3) is 10.0 Å². The Bertz CT molecular complexity index is 519. The minimum absolute atomic E-state index is 0.0389. The molecule has 1 fully saturated rings. The summed E-state index contributed by atoms with van der Waals surface area (Å²) in [5.41, 5.74) is -0.287. The molecule has 0 atom stereocenters. The third-order valence-electron chi connectivity index (χ3n) is 3.75. The minimum Gasteiger partial charge on any atom is -0.396 e. The molecular formula is C12H20N2O3S2. The number of rotatable bonds is 5. The number of nitrogens with zero attached hydrogens (tertiary/aromatic N) is 1. The molecule has 0 amide bonds. The average molecular weight is 304 g/mol. The smallest absolute Gasteiger partial charge is 0.251 e. The number of thiazole rings is 1. The molecule has 2 N–H and O–H groups in total. The van der Waals surface area contributed by atoms with E-state index in [9.17, 15) is 13.5 Å². The zero-order valence-electron chi connectivity index (χ0n) is 11.1. The SMILES string of the molecule is Cc1ncc(S(=O)(=O)NCC2(CO)CCCCC2)s1. The summed E-state index contributed by atoms with van der Waals surface area (Å²) >= 11 is 1.16. The fourth-order valence-corrected chi connectivity index (χ4v) is 4.79. The van der Waals surface area contributed by atoms with Crippen molar-refractivity contribution in [2.45, 2.75) is 43.2 Å². The van der Waals surface area contributed by atoms with Crippen molar-refractivity contribution in [1.82, 2.24) is 9.71 Å². The van der Waals surface area contributed by atoms with Gasteiger partial charge in [-0.1, -0.05) is 19.3 Å². The molecule has 1 aliphatic rings. The predicted molar refractivity (Wildman–Crippen MR) is 74.6 cm³/mol. The second-order valence-electron chi connectivity index (χ2n) is 5.24. The van der Waals surface area contributed by atoms with Crippen LogP contribution in [-0.2, 0) is 10.0 Å². The monoisotopic (exact) mass is 304 g/mol. The van der Waals surface area contributed by atoms with Crippen molar-refractivity contribution in [3.8, 4) is 0 Å². The molecule has 0 unspecified atom stereocenters. The molecule has 7 heteroatoms. The van der Waals surface area contributed by atoms with Crippen LogP contribution in [0, 0.1) is 12.3 Å². The quantitative estimate of drug-likeness (QED) is 0.867. The van der Waals surface area contributed by atoms with Crippen LogP contribution in [0.4, 0.5) is 0 Å². The van der Waals surface area contributed by atoms with Gasteiger partial charge in [-0.25, -0.2) is 18.1 Å². The van der Waals surface area contributed by atoms with E-state index < -0.39 is 10.0 Å². The lowest BCUT2D eigenvalue weighted by atomic mass is 9.75. The van der Waals surface area contributed by atoms with Crippen LogP contribution in [0.25, 0.3) is 0 Å². The Balaban J connectivity index is 2.04. The maximum absolute atomic E-state index is 12.1. The fourth-order valence-electron chi connectivity index (χ4n) is 2.48.